The van der Waals surface area contributed by atoms with Crippen LogP contribution in [0.25, 0.3) is 0 Å². The third-order valence-electron chi connectivity index (χ3n) is 4.84. The molecule has 0 heterocycles. The lowest BCUT2D eigenvalue weighted by molar-refractivity contribution is 0.169. The average Bonchev–Trinajstić information content (AvgIpc) is 2.39. The summed E-state index contributed by atoms with van der Waals surface area (Å²) in [5.74, 6) is 0.767. The van der Waals surface area contributed by atoms with Gasteiger partial charge in [-0.25, -0.2) is 0 Å². The molecule has 1 nitrogen and oxygen atoms in total. The highest BCUT2D eigenvalue weighted by Gasteiger charge is 2.29. The first-order chi connectivity index (χ1) is 9.07. The SMILES string of the molecule is CC1(C)CCC(C(N)CCCc2ccccc2)CC1. The van der Waals surface area contributed by atoms with Gasteiger partial charge in [0.25, 0.3) is 0 Å². The van der Waals surface area contributed by atoms with E-state index in [1.807, 2.05) is 0 Å². The van der Waals surface area contributed by atoms with Gasteiger partial charge in [0.05, 0.1) is 0 Å². The molecule has 0 amide bonds. The molecule has 106 valence electrons. The molecule has 1 saturated carbocycles. The van der Waals surface area contributed by atoms with Crippen molar-refractivity contribution in [2.75, 3.05) is 0 Å². The van der Waals surface area contributed by atoms with Gasteiger partial charge in [-0.2, -0.15) is 0 Å². The highest BCUT2D eigenvalue weighted by Crippen LogP contribution is 2.39. The Labute approximate surface area is 118 Å². The lowest BCUT2D eigenvalue weighted by Crippen LogP contribution is -2.34. The Morgan fingerprint density at radius 2 is 1.79 bits per heavy atom. The Kier molecular flexibility index (Phi) is 5.04. The monoisotopic (exact) mass is 259 g/mol. The Bertz CT molecular complexity index is 359. The van der Waals surface area contributed by atoms with Crippen molar-refractivity contribution in [1.82, 2.24) is 0 Å². The summed E-state index contributed by atoms with van der Waals surface area (Å²) in [6, 6.07) is 11.2. The minimum absolute atomic E-state index is 0.416. The maximum Gasteiger partial charge on any atom is 0.00672 e. The number of hydrogen-bond donors (Lipinski definition) is 1. The van der Waals surface area contributed by atoms with Crippen LogP contribution in [0.4, 0.5) is 0 Å². The number of hydrogen-bond acceptors (Lipinski definition) is 1. The summed E-state index contributed by atoms with van der Waals surface area (Å²) in [5.41, 5.74) is 8.40. The standard InChI is InChI=1S/C18H29N/c1-18(2)13-11-16(12-14-18)17(19)10-6-9-15-7-4-3-5-8-15/h3-5,7-8,16-17H,6,9-14,19H2,1-2H3. The number of nitrogens with two attached hydrogens (primary N) is 1. The van der Waals surface area contributed by atoms with Crippen LogP contribution in [0.1, 0.15) is 57.9 Å². The van der Waals surface area contributed by atoms with Crippen molar-refractivity contribution in [2.24, 2.45) is 17.1 Å². The first-order valence-electron chi connectivity index (χ1n) is 7.86. The van der Waals surface area contributed by atoms with Crippen molar-refractivity contribution in [3.05, 3.63) is 35.9 Å². The fourth-order valence-corrected chi connectivity index (χ4v) is 3.27. The van der Waals surface area contributed by atoms with Gasteiger partial charge in [0.1, 0.15) is 0 Å². The van der Waals surface area contributed by atoms with Gasteiger partial charge in [-0.05, 0) is 61.8 Å². The molecule has 1 heteroatoms. The van der Waals surface area contributed by atoms with E-state index in [2.05, 4.69) is 44.2 Å². The minimum atomic E-state index is 0.416. The Balaban J connectivity index is 1.69. The van der Waals surface area contributed by atoms with Gasteiger partial charge < -0.3 is 5.73 Å². The fourth-order valence-electron chi connectivity index (χ4n) is 3.27. The predicted molar refractivity (Wildman–Crippen MR) is 83.1 cm³/mol. The van der Waals surface area contributed by atoms with Crippen molar-refractivity contribution in [3.63, 3.8) is 0 Å². The lowest BCUT2D eigenvalue weighted by atomic mass is 9.70. The van der Waals surface area contributed by atoms with E-state index in [4.69, 9.17) is 5.73 Å². The molecule has 0 aromatic heterocycles. The summed E-state index contributed by atoms with van der Waals surface area (Å²) in [4.78, 5) is 0. The van der Waals surface area contributed by atoms with E-state index in [9.17, 15) is 0 Å². The van der Waals surface area contributed by atoms with Crippen molar-refractivity contribution >= 4 is 0 Å². The molecule has 1 aromatic rings. The zero-order chi connectivity index (χ0) is 13.7. The highest BCUT2D eigenvalue weighted by molar-refractivity contribution is 5.14. The molecule has 0 aliphatic heterocycles. The number of aryl methyl sites for hydroxylation is 1. The number of benzene rings is 1. The molecule has 2 N–H and O–H groups in total. The second-order valence-electron chi connectivity index (χ2n) is 7.04. The Hall–Kier alpha value is -0.820. The topological polar surface area (TPSA) is 26.0 Å². The summed E-state index contributed by atoms with van der Waals surface area (Å²) in [6.45, 7) is 4.79. The summed E-state index contributed by atoms with van der Waals surface area (Å²) >= 11 is 0. The summed E-state index contributed by atoms with van der Waals surface area (Å²) < 4.78 is 0. The van der Waals surface area contributed by atoms with Gasteiger partial charge >= 0.3 is 0 Å². The van der Waals surface area contributed by atoms with Gasteiger partial charge in [-0.15, -0.1) is 0 Å². The lowest BCUT2D eigenvalue weighted by Gasteiger charge is -2.36. The molecular weight excluding hydrogens is 230 g/mol. The molecule has 1 fully saturated rings. The maximum atomic E-state index is 6.40. The van der Waals surface area contributed by atoms with E-state index in [0.29, 0.717) is 11.5 Å². The van der Waals surface area contributed by atoms with Crippen LogP contribution in [-0.2, 0) is 6.42 Å². The highest BCUT2D eigenvalue weighted by atomic mass is 14.7. The molecule has 1 aromatic carbocycles. The van der Waals surface area contributed by atoms with Gasteiger partial charge in [-0.1, -0.05) is 44.2 Å². The van der Waals surface area contributed by atoms with Crippen LogP contribution < -0.4 is 5.73 Å². The smallest absolute Gasteiger partial charge is 0.00672 e. The molecule has 0 saturated heterocycles. The Morgan fingerprint density at radius 3 is 2.42 bits per heavy atom. The van der Waals surface area contributed by atoms with Crippen LogP contribution in [-0.4, -0.2) is 6.04 Å². The third kappa shape index (κ3) is 4.65. The second kappa shape index (κ2) is 6.56. The largest absolute Gasteiger partial charge is 0.327 e. The van der Waals surface area contributed by atoms with Crippen LogP contribution in [0.2, 0.25) is 0 Å². The zero-order valence-electron chi connectivity index (χ0n) is 12.6. The van der Waals surface area contributed by atoms with Crippen LogP contribution in [0.3, 0.4) is 0 Å². The summed E-state index contributed by atoms with van der Waals surface area (Å²) in [5, 5.41) is 0. The maximum absolute atomic E-state index is 6.40. The quantitative estimate of drug-likeness (QED) is 0.824. The Morgan fingerprint density at radius 1 is 1.16 bits per heavy atom. The molecule has 2 rings (SSSR count). The van der Waals surface area contributed by atoms with E-state index >= 15 is 0 Å². The van der Waals surface area contributed by atoms with Crippen LogP contribution in [0.15, 0.2) is 30.3 Å². The summed E-state index contributed by atoms with van der Waals surface area (Å²) in [7, 11) is 0. The van der Waals surface area contributed by atoms with Gasteiger partial charge in [-0.3, -0.25) is 0 Å². The first kappa shape index (κ1) is 14.6. The van der Waals surface area contributed by atoms with Crippen molar-refractivity contribution in [1.29, 1.82) is 0 Å². The van der Waals surface area contributed by atoms with Crippen LogP contribution in [0, 0.1) is 11.3 Å². The molecule has 19 heavy (non-hydrogen) atoms. The third-order valence-corrected chi connectivity index (χ3v) is 4.84. The molecule has 1 aliphatic carbocycles. The first-order valence-corrected chi connectivity index (χ1v) is 7.86. The van der Waals surface area contributed by atoms with Crippen molar-refractivity contribution in [2.45, 2.75) is 64.8 Å². The molecular formula is C18H29N. The predicted octanol–water partition coefficient (Wildman–Crippen LogP) is 4.55. The van der Waals surface area contributed by atoms with Crippen molar-refractivity contribution < 1.29 is 0 Å². The molecule has 0 bridgehead atoms. The van der Waals surface area contributed by atoms with E-state index in [-0.39, 0.29) is 0 Å². The van der Waals surface area contributed by atoms with Gasteiger partial charge in [0.2, 0.25) is 0 Å². The van der Waals surface area contributed by atoms with Crippen LogP contribution in [0.5, 0.6) is 0 Å². The molecule has 1 aliphatic rings. The second-order valence-corrected chi connectivity index (χ2v) is 7.04. The minimum Gasteiger partial charge on any atom is -0.327 e. The van der Waals surface area contributed by atoms with Crippen molar-refractivity contribution in [3.8, 4) is 0 Å². The van der Waals surface area contributed by atoms with E-state index in [1.54, 1.807) is 0 Å². The molecule has 1 unspecified atom stereocenters. The zero-order valence-corrected chi connectivity index (χ0v) is 12.6. The van der Waals surface area contributed by atoms with Gasteiger partial charge in [0, 0.05) is 6.04 Å². The normalized spacial score (nSPS) is 21.2. The van der Waals surface area contributed by atoms with Gasteiger partial charge in [0.15, 0.2) is 0 Å². The fraction of sp³-hybridized carbons (Fsp3) is 0.667. The van der Waals surface area contributed by atoms with E-state index < -0.39 is 0 Å². The van der Waals surface area contributed by atoms with E-state index in [0.717, 1.165) is 5.92 Å². The summed E-state index contributed by atoms with van der Waals surface area (Å²) in [6.07, 6.45) is 8.95. The molecule has 0 radical (unpaired) electrons. The van der Waals surface area contributed by atoms with Crippen LogP contribution >= 0.6 is 0 Å². The van der Waals surface area contributed by atoms with E-state index in [1.165, 1.54) is 50.5 Å². The number of rotatable bonds is 5. The molecule has 1 atom stereocenters. The molecule has 0 spiro atoms. The average molecular weight is 259 g/mol.